The highest BCUT2D eigenvalue weighted by Gasteiger charge is 2.49. The molecule has 1 aliphatic carbocycles. The molecule has 158 valence electrons. The maximum atomic E-state index is 13.4. The fourth-order valence-corrected chi connectivity index (χ4v) is 4.71. The number of nitrogens with zero attached hydrogens (tertiary/aromatic N) is 1. The number of amides is 3. The molecule has 6 heteroatoms. The lowest BCUT2D eigenvalue weighted by Gasteiger charge is -2.23. The van der Waals surface area contributed by atoms with Gasteiger partial charge in [-0.25, -0.2) is 9.59 Å². The van der Waals surface area contributed by atoms with Gasteiger partial charge < -0.3 is 9.73 Å². The van der Waals surface area contributed by atoms with Gasteiger partial charge in [-0.05, 0) is 66.5 Å². The third-order valence-corrected chi connectivity index (χ3v) is 6.58. The summed E-state index contributed by atoms with van der Waals surface area (Å²) in [6, 6.07) is 12.6. The second-order valence-electron chi connectivity index (χ2n) is 8.56. The van der Waals surface area contributed by atoms with Crippen LogP contribution in [-0.2, 0) is 36.1 Å². The van der Waals surface area contributed by atoms with Crippen LogP contribution in [0.1, 0.15) is 48.1 Å². The van der Waals surface area contributed by atoms with E-state index in [9.17, 15) is 14.4 Å². The molecule has 0 radical (unpaired) electrons. The molecule has 2 aliphatic rings. The Hall–Kier alpha value is -3.41. The van der Waals surface area contributed by atoms with E-state index in [1.165, 1.54) is 22.1 Å². The summed E-state index contributed by atoms with van der Waals surface area (Å²) in [5, 5.41) is 3.60. The maximum absolute atomic E-state index is 13.4. The van der Waals surface area contributed by atoms with Crippen molar-refractivity contribution in [3.8, 4) is 0 Å². The van der Waals surface area contributed by atoms with Gasteiger partial charge in [0.2, 0.25) is 0 Å². The van der Waals surface area contributed by atoms with E-state index in [2.05, 4.69) is 11.4 Å². The van der Waals surface area contributed by atoms with Gasteiger partial charge in [-0.3, -0.25) is 9.69 Å². The minimum Gasteiger partial charge on any atom is -0.423 e. The van der Waals surface area contributed by atoms with E-state index in [4.69, 9.17) is 4.42 Å². The van der Waals surface area contributed by atoms with Crippen molar-refractivity contribution < 1.29 is 14.0 Å². The quantitative estimate of drug-likeness (QED) is 0.518. The zero-order chi connectivity index (χ0) is 21.8. The monoisotopic (exact) mass is 416 g/mol. The molecule has 2 aromatic carbocycles. The van der Waals surface area contributed by atoms with Crippen molar-refractivity contribution in [3.05, 3.63) is 80.7 Å². The summed E-state index contributed by atoms with van der Waals surface area (Å²) in [6.45, 7) is 3.78. The summed E-state index contributed by atoms with van der Waals surface area (Å²) >= 11 is 0. The normalized spacial score (nSPS) is 20.4. The number of carbonyl (C=O) groups is 2. The van der Waals surface area contributed by atoms with Crippen LogP contribution in [0.25, 0.3) is 11.0 Å². The molecule has 1 aromatic heterocycles. The number of aryl methyl sites for hydroxylation is 3. The third kappa shape index (κ3) is 3.14. The van der Waals surface area contributed by atoms with Crippen LogP contribution >= 0.6 is 0 Å². The van der Waals surface area contributed by atoms with Crippen LogP contribution < -0.4 is 10.9 Å². The van der Waals surface area contributed by atoms with Gasteiger partial charge in [0.15, 0.2) is 0 Å². The lowest BCUT2D eigenvalue weighted by Crippen LogP contribution is -2.41. The van der Waals surface area contributed by atoms with Crippen molar-refractivity contribution >= 4 is 22.9 Å². The summed E-state index contributed by atoms with van der Waals surface area (Å²) in [4.78, 5) is 39.5. The van der Waals surface area contributed by atoms with Gasteiger partial charge in [-0.15, -0.1) is 0 Å². The Kier molecular flexibility index (Phi) is 4.46. The molecular weight excluding hydrogens is 392 g/mol. The Bertz CT molecular complexity index is 1290. The highest BCUT2D eigenvalue weighted by molar-refractivity contribution is 6.07. The molecule has 1 N–H and O–H groups in total. The lowest BCUT2D eigenvalue weighted by molar-refractivity contribution is -0.131. The molecule has 31 heavy (non-hydrogen) atoms. The summed E-state index contributed by atoms with van der Waals surface area (Å²) in [7, 11) is 0. The Morgan fingerprint density at radius 3 is 2.65 bits per heavy atom. The topological polar surface area (TPSA) is 79.6 Å². The minimum atomic E-state index is -1.13. The van der Waals surface area contributed by atoms with Crippen LogP contribution in [0.2, 0.25) is 0 Å². The Labute approximate surface area is 179 Å². The highest BCUT2D eigenvalue weighted by atomic mass is 16.4. The number of rotatable bonds is 4. The first-order chi connectivity index (χ1) is 14.9. The Morgan fingerprint density at radius 1 is 1.03 bits per heavy atom. The van der Waals surface area contributed by atoms with Crippen LogP contribution in [0.3, 0.4) is 0 Å². The molecule has 0 spiro atoms. The number of urea groups is 1. The van der Waals surface area contributed by atoms with Gasteiger partial charge >= 0.3 is 11.7 Å². The van der Waals surface area contributed by atoms with Gasteiger partial charge in [-0.2, -0.15) is 0 Å². The van der Waals surface area contributed by atoms with E-state index in [1.54, 1.807) is 6.92 Å². The molecule has 3 aromatic rings. The number of benzene rings is 2. The number of carbonyl (C=O) groups excluding carboxylic acids is 2. The van der Waals surface area contributed by atoms with Crippen molar-refractivity contribution in [3.63, 3.8) is 0 Å². The number of nitrogens with one attached hydrogen (secondary N) is 1. The average Bonchev–Trinajstić information content (AvgIpc) is 3.31. The minimum absolute atomic E-state index is 0.0127. The van der Waals surface area contributed by atoms with Crippen molar-refractivity contribution in [2.75, 3.05) is 0 Å². The maximum Gasteiger partial charge on any atom is 0.336 e. The molecule has 0 unspecified atom stereocenters. The van der Waals surface area contributed by atoms with Crippen LogP contribution in [-0.4, -0.2) is 16.8 Å². The molecule has 1 fully saturated rings. The molecule has 0 saturated carbocycles. The zero-order valence-corrected chi connectivity index (χ0v) is 17.7. The summed E-state index contributed by atoms with van der Waals surface area (Å²) in [5.74, 6) is -0.318. The van der Waals surface area contributed by atoms with E-state index in [-0.39, 0.29) is 12.5 Å². The van der Waals surface area contributed by atoms with E-state index in [0.29, 0.717) is 11.1 Å². The smallest absolute Gasteiger partial charge is 0.336 e. The standard InChI is InChI=1S/C25H24N2O4/c1-3-15-7-10-20-18(13-22(28)31-21(20)11-15)14-27-23(29)25(2,26-24(27)30)19-9-8-16-5-4-6-17(16)12-19/h7-13H,3-6,14H2,1-2H3,(H,26,30)/t25-/m1/s1. The predicted molar refractivity (Wildman–Crippen MR) is 117 cm³/mol. The number of imide groups is 1. The summed E-state index contributed by atoms with van der Waals surface area (Å²) in [5.41, 5.74) is 3.84. The second kappa shape index (κ2) is 7.08. The fraction of sp³-hybridized carbons (Fsp3) is 0.320. The highest BCUT2D eigenvalue weighted by Crippen LogP contribution is 2.33. The van der Waals surface area contributed by atoms with Crippen LogP contribution in [0, 0.1) is 0 Å². The zero-order valence-electron chi connectivity index (χ0n) is 17.7. The first kappa shape index (κ1) is 19.5. The number of hydrogen-bond donors (Lipinski definition) is 1. The molecule has 5 rings (SSSR count). The number of hydrogen-bond acceptors (Lipinski definition) is 4. The largest absolute Gasteiger partial charge is 0.423 e. The van der Waals surface area contributed by atoms with Crippen LogP contribution in [0.4, 0.5) is 4.79 Å². The lowest BCUT2D eigenvalue weighted by atomic mass is 9.89. The molecule has 1 saturated heterocycles. The average molecular weight is 416 g/mol. The number of fused-ring (bicyclic) bond motifs is 2. The first-order valence-corrected chi connectivity index (χ1v) is 10.7. The van der Waals surface area contributed by atoms with Gasteiger partial charge in [-0.1, -0.05) is 37.3 Å². The molecule has 1 atom stereocenters. The van der Waals surface area contributed by atoms with Crippen molar-refractivity contribution in [1.82, 2.24) is 10.2 Å². The van der Waals surface area contributed by atoms with Crippen LogP contribution in [0.5, 0.6) is 0 Å². The van der Waals surface area contributed by atoms with E-state index < -0.39 is 17.2 Å². The fourth-order valence-electron chi connectivity index (χ4n) is 4.71. The molecule has 3 amide bonds. The van der Waals surface area contributed by atoms with Gasteiger partial charge in [0.25, 0.3) is 5.91 Å². The molecule has 1 aliphatic heterocycles. The van der Waals surface area contributed by atoms with Gasteiger partial charge in [0.05, 0.1) is 6.54 Å². The van der Waals surface area contributed by atoms with Crippen molar-refractivity contribution in [2.24, 2.45) is 0 Å². The van der Waals surface area contributed by atoms with E-state index >= 15 is 0 Å². The molecular formula is C25H24N2O4. The summed E-state index contributed by atoms with van der Waals surface area (Å²) in [6.07, 6.45) is 3.99. The van der Waals surface area contributed by atoms with E-state index in [1.807, 2.05) is 37.3 Å². The molecule has 2 heterocycles. The third-order valence-electron chi connectivity index (χ3n) is 6.58. The second-order valence-corrected chi connectivity index (χ2v) is 8.56. The summed E-state index contributed by atoms with van der Waals surface area (Å²) < 4.78 is 5.36. The van der Waals surface area contributed by atoms with Gasteiger partial charge in [0.1, 0.15) is 11.1 Å². The molecule has 0 bridgehead atoms. The SMILES string of the molecule is CCc1ccc2c(CN3C(=O)N[C@](C)(c4ccc5c(c4)CCC5)C3=O)cc(=O)oc2c1. The Balaban J connectivity index is 1.50. The van der Waals surface area contributed by atoms with Crippen LogP contribution in [0.15, 0.2) is 51.7 Å². The van der Waals surface area contributed by atoms with E-state index in [0.717, 1.165) is 42.2 Å². The van der Waals surface area contributed by atoms with Crippen molar-refractivity contribution in [2.45, 2.75) is 51.6 Å². The predicted octanol–water partition coefficient (Wildman–Crippen LogP) is 3.81. The Morgan fingerprint density at radius 2 is 1.84 bits per heavy atom. The first-order valence-electron chi connectivity index (χ1n) is 10.7. The van der Waals surface area contributed by atoms with Crippen molar-refractivity contribution in [1.29, 1.82) is 0 Å². The van der Waals surface area contributed by atoms with Gasteiger partial charge in [0, 0.05) is 11.5 Å². The molecule has 6 nitrogen and oxygen atoms in total.